The average molecular weight is 401 g/mol. The first-order valence-electron chi connectivity index (χ1n) is 9.79. The number of hydroxylamine groups is 1. The van der Waals surface area contributed by atoms with Crippen LogP contribution in [0, 0.1) is 0 Å². The minimum absolute atomic E-state index is 0.303. The number of rotatable bonds is 7. The molecule has 0 saturated heterocycles. The van der Waals surface area contributed by atoms with Crippen LogP contribution in [0.25, 0.3) is 16.7 Å². The van der Waals surface area contributed by atoms with Crippen molar-refractivity contribution in [1.82, 2.24) is 15.0 Å². The van der Waals surface area contributed by atoms with Crippen molar-refractivity contribution in [3.63, 3.8) is 0 Å². The summed E-state index contributed by atoms with van der Waals surface area (Å²) < 4.78 is 7.85. The van der Waals surface area contributed by atoms with Crippen molar-refractivity contribution in [3.05, 3.63) is 89.7 Å². The lowest BCUT2D eigenvalue weighted by atomic mass is 10.1. The van der Waals surface area contributed by atoms with Gasteiger partial charge in [-0.3, -0.25) is 14.2 Å². The second-order valence-corrected chi connectivity index (χ2v) is 6.91. The van der Waals surface area contributed by atoms with Gasteiger partial charge in [-0.05, 0) is 60.0 Å². The summed E-state index contributed by atoms with van der Waals surface area (Å²) in [6.07, 6.45) is 2.78. The van der Waals surface area contributed by atoms with Crippen LogP contribution < -0.4 is 10.2 Å². The number of benzene rings is 3. The van der Waals surface area contributed by atoms with Gasteiger partial charge in [0.1, 0.15) is 18.7 Å². The number of aromatic nitrogens is 2. The van der Waals surface area contributed by atoms with Gasteiger partial charge in [0, 0.05) is 11.3 Å². The van der Waals surface area contributed by atoms with Crippen LogP contribution in [0.4, 0.5) is 0 Å². The Bertz CT molecular complexity index is 1150. The largest absolute Gasteiger partial charge is 0.489 e. The molecule has 0 atom stereocenters. The molecule has 0 bridgehead atoms. The standard InChI is InChI=1S/C24H23N3O3/c1-3-17-4-6-18(7-5-17)15-30-21-11-9-20(10-12-21)27-16-25-22-13-8-19(14-23(22)27)24(28)26-29-2/h4-14,16H,3,15H2,1-2H3,(H,26,28). The summed E-state index contributed by atoms with van der Waals surface area (Å²) >= 11 is 0. The monoisotopic (exact) mass is 401 g/mol. The van der Waals surface area contributed by atoms with Crippen LogP contribution in [0.3, 0.4) is 0 Å². The van der Waals surface area contributed by atoms with E-state index in [9.17, 15) is 4.79 Å². The zero-order valence-corrected chi connectivity index (χ0v) is 17.0. The number of hydrogen-bond acceptors (Lipinski definition) is 4. The summed E-state index contributed by atoms with van der Waals surface area (Å²) in [7, 11) is 1.41. The molecule has 1 aromatic heterocycles. The molecule has 6 nitrogen and oxygen atoms in total. The molecule has 30 heavy (non-hydrogen) atoms. The Labute approximate surface area is 175 Å². The molecule has 1 N–H and O–H groups in total. The summed E-state index contributed by atoms with van der Waals surface area (Å²) in [6, 6.07) is 21.6. The quantitative estimate of drug-likeness (QED) is 0.465. The molecule has 0 radical (unpaired) electrons. The fraction of sp³-hybridized carbons (Fsp3) is 0.167. The molecule has 1 heterocycles. The topological polar surface area (TPSA) is 65.4 Å². The van der Waals surface area contributed by atoms with Crippen molar-refractivity contribution in [2.45, 2.75) is 20.0 Å². The fourth-order valence-electron chi connectivity index (χ4n) is 3.25. The maximum Gasteiger partial charge on any atom is 0.274 e. The van der Waals surface area contributed by atoms with E-state index in [1.165, 1.54) is 12.7 Å². The maximum absolute atomic E-state index is 12.0. The highest BCUT2D eigenvalue weighted by atomic mass is 16.6. The lowest BCUT2D eigenvalue weighted by Gasteiger charge is -2.09. The van der Waals surface area contributed by atoms with Crippen LogP contribution >= 0.6 is 0 Å². The lowest BCUT2D eigenvalue weighted by Crippen LogP contribution is -2.21. The van der Waals surface area contributed by atoms with E-state index in [0.29, 0.717) is 12.2 Å². The average Bonchev–Trinajstić information content (AvgIpc) is 3.22. The van der Waals surface area contributed by atoms with Crippen molar-refractivity contribution in [3.8, 4) is 11.4 Å². The zero-order valence-electron chi connectivity index (χ0n) is 17.0. The van der Waals surface area contributed by atoms with Gasteiger partial charge in [-0.25, -0.2) is 10.5 Å². The van der Waals surface area contributed by atoms with Gasteiger partial charge in [-0.15, -0.1) is 0 Å². The van der Waals surface area contributed by atoms with Crippen LogP contribution in [-0.2, 0) is 17.9 Å². The SMILES string of the molecule is CCc1ccc(COc2ccc(-n3cnc4ccc(C(=O)NOC)cc43)cc2)cc1. The fourth-order valence-corrected chi connectivity index (χ4v) is 3.25. The molecule has 0 aliphatic rings. The minimum Gasteiger partial charge on any atom is -0.489 e. The van der Waals surface area contributed by atoms with E-state index in [1.54, 1.807) is 18.5 Å². The van der Waals surface area contributed by atoms with Crippen LogP contribution in [-0.4, -0.2) is 22.6 Å². The number of hydrogen-bond donors (Lipinski definition) is 1. The molecule has 1 amide bonds. The third-order valence-electron chi connectivity index (χ3n) is 4.96. The first-order chi connectivity index (χ1) is 14.7. The Morgan fingerprint density at radius 3 is 2.43 bits per heavy atom. The Balaban J connectivity index is 1.51. The smallest absolute Gasteiger partial charge is 0.274 e. The molecule has 4 rings (SSSR count). The summed E-state index contributed by atoms with van der Waals surface area (Å²) in [6.45, 7) is 2.67. The van der Waals surface area contributed by atoms with Gasteiger partial charge in [-0.2, -0.15) is 0 Å². The Morgan fingerprint density at radius 1 is 1.00 bits per heavy atom. The van der Waals surface area contributed by atoms with E-state index < -0.39 is 0 Å². The molecule has 6 heteroatoms. The molecular formula is C24H23N3O3. The molecule has 0 aliphatic heterocycles. The number of carbonyl (C=O) groups excluding carboxylic acids is 1. The molecule has 0 aliphatic carbocycles. The third-order valence-corrected chi connectivity index (χ3v) is 4.96. The lowest BCUT2D eigenvalue weighted by molar-refractivity contribution is 0.0538. The number of nitrogens with one attached hydrogen (secondary N) is 1. The maximum atomic E-state index is 12.0. The number of fused-ring (bicyclic) bond motifs is 1. The second kappa shape index (κ2) is 8.80. The predicted molar refractivity (Wildman–Crippen MR) is 116 cm³/mol. The molecule has 3 aromatic carbocycles. The van der Waals surface area contributed by atoms with Crippen LogP contribution in [0.5, 0.6) is 5.75 Å². The third kappa shape index (κ3) is 4.18. The van der Waals surface area contributed by atoms with E-state index in [2.05, 4.69) is 41.7 Å². The van der Waals surface area contributed by atoms with Gasteiger partial charge in [0.15, 0.2) is 0 Å². The van der Waals surface area contributed by atoms with Crippen molar-refractivity contribution in [1.29, 1.82) is 0 Å². The van der Waals surface area contributed by atoms with Crippen molar-refractivity contribution in [2.24, 2.45) is 0 Å². The molecule has 4 aromatic rings. The van der Waals surface area contributed by atoms with E-state index in [1.807, 2.05) is 34.9 Å². The Morgan fingerprint density at radius 2 is 1.73 bits per heavy atom. The minimum atomic E-state index is -0.303. The Hall–Kier alpha value is -3.64. The van der Waals surface area contributed by atoms with Crippen LogP contribution in [0.1, 0.15) is 28.4 Å². The Kier molecular flexibility index (Phi) is 5.77. The molecule has 152 valence electrons. The highest BCUT2D eigenvalue weighted by molar-refractivity contribution is 5.97. The van der Waals surface area contributed by atoms with E-state index in [4.69, 9.17) is 9.57 Å². The molecule has 0 saturated carbocycles. The summed E-state index contributed by atoms with van der Waals surface area (Å²) in [4.78, 5) is 21.2. The molecular weight excluding hydrogens is 378 g/mol. The number of ether oxygens (including phenoxy) is 1. The second-order valence-electron chi connectivity index (χ2n) is 6.91. The number of aryl methyl sites for hydroxylation is 1. The van der Waals surface area contributed by atoms with Gasteiger partial charge in [-0.1, -0.05) is 31.2 Å². The molecule has 0 fully saturated rings. The summed E-state index contributed by atoms with van der Waals surface area (Å²) in [5.74, 6) is 0.491. The van der Waals surface area contributed by atoms with Crippen LogP contribution in [0.15, 0.2) is 73.1 Å². The molecule has 0 spiro atoms. The van der Waals surface area contributed by atoms with Gasteiger partial charge in [0.05, 0.1) is 18.1 Å². The number of imidazole rings is 1. The summed E-state index contributed by atoms with van der Waals surface area (Å²) in [5, 5.41) is 0. The first kappa shape index (κ1) is 19.7. The van der Waals surface area contributed by atoms with Crippen LogP contribution in [0.2, 0.25) is 0 Å². The van der Waals surface area contributed by atoms with Crippen molar-refractivity contribution in [2.75, 3.05) is 7.11 Å². The highest BCUT2D eigenvalue weighted by Gasteiger charge is 2.10. The van der Waals surface area contributed by atoms with Crippen molar-refractivity contribution < 1.29 is 14.4 Å². The van der Waals surface area contributed by atoms with E-state index >= 15 is 0 Å². The highest BCUT2D eigenvalue weighted by Crippen LogP contribution is 2.22. The van der Waals surface area contributed by atoms with E-state index in [0.717, 1.165) is 34.5 Å². The van der Waals surface area contributed by atoms with Crippen molar-refractivity contribution >= 4 is 16.9 Å². The normalized spacial score (nSPS) is 10.9. The van der Waals surface area contributed by atoms with E-state index in [-0.39, 0.29) is 5.91 Å². The number of nitrogens with zero attached hydrogens (tertiary/aromatic N) is 2. The van der Waals surface area contributed by atoms with Gasteiger partial charge in [0.2, 0.25) is 0 Å². The zero-order chi connectivity index (χ0) is 20.9. The predicted octanol–water partition coefficient (Wildman–Crippen LogP) is 4.46. The summed E-state index contributed by atoms with van der Waals surface area (Å²) in [5.41, 5.74) is 7.86. The van der Waals surface area contributed by atoms with Gasteiger partial charge in [0.25, 0.3) is 5.91 Å². The van der Waals surface area contributed by atoms with Gasteiger partial charge < -0.3 is 4.74 Å². The number of amides is 1. The van der Waals surface area contributed by atoms with Gasteiger partial charge >= 0.3 is 0 Å². The first-order valence-corrected chi connectivity index (χ1v) is 9.79. The molecule has 0 unspecified atom stereocenters. The number of carbonyl (C=O) groups is 1.